The predicted molar refractivity (Wildman–Crippen MR) is 149 cm³/mol. The molecule has 0 bridgehead atoms. The van der Waals surface area contributed by atoms with E-state index in [1.54, 1.807) is 60.7 Å². The highest BCUT2D eigenvalue weighted by atomic mass is 16.4. The zero-order valence-electron chi connectivity index (χ0n) is 22.0. The van der Waals surface area contributed by atoms with Gasteiger partial charge in [0.1, 0.15) is 24.2 Å². The predicted octanol–water partition coefficient (Wildman–Crippen LogP) is -1.62. The second kappa shape index (κ2) is 16.5. The number of carboxylic acids is 1. The van der Waals surface area contributed by atoms with E-state index in [4.69, 9.17) is 17.2 Å². The third kappa shape index (κ3) is 11.1. The van der Waals surface area contributed by atoms with Gasteiger partial charge in [-0.3, -0.25) is 19.4 Å². The molecule has 4 atom stereocenters. The summed E-state index contributed by atoms with van der Waals surface area (Å²) in [7, 11) is 0. The van der Waals surface area contributed by atoms with E-state index in [1.165, 1.54) is 0 Å². The lowest BCUT2D eigenvalue weighted by atomic mass is 10.0. The molecule has 216 valence electrons. The molecule has 2 rings (SSSR count). The molecule has 0 spiro atoms. The van der Waals surface area contributed by atoms with Gasteiger partial charge in [-0.2, -0.15) is 0 Å². The van der Waals surface area contributed by atoms with Crippen molar-refractivity contribution >= 4 is 29.7 Å². The van der Waals surface area contributed by atoms with Gasteiger partial charge >= 0.3 is 5.97 Å². The first-order chi connectivity index (χ1) is 19.1. The number of carbonyl (C=O) groups is 4. The molecule has 11 N–H and O–H groups in total. The standard InChI is InChI=1S/C27H37N7O6/c28-19(16-35)23(36)33-21(14-17-8-3-1-4-9-17)25(38)34-22(15-18-10-5-2-6-11-18)24(37)32-20(26(39)40)12-7-13-31-27(29)30/h1-6,8-11,19-22,35H,7,12-16,28H2,(H,32,37)(H,33,36)(H,34,38)(H,39,40)(H4,29,30,31). The van der Waals surface area contributed by atoms with Crippen LogP contribution in [0.1, 0.15) is 24.0 Å². The van der Waals surface area contributed by atoms with Gasteiger partial charge in [0.05, 0.1) is 6.61 Å². The molecule has 0 radical (unpaired) electrons. The van der Waals surface area contributed by atoms with E-state index in [2.05, 4.69) is 20.9 Å². The third-order valence-electron chi connectivity index (χ3n) is 5.92. The molecule has 0 aliphatic carbocycles. The van der Waals surface area contributed by atoms with Crippen LogP contribution in [0.2, 0.25) is 0 Å². The molecule has 0 saturated heterocycles. The Kier molecular flexibility index (Phi) is 13.1. The molecule has 0 aliphatic heterocycles. The number of aliphatic hydroxyl groups excluding tert-OH is 1. The summed E-state index contributed by atoms with van der Waals surface area (Å²) >= 11 is 0. The molecular weight excluding hydrogens is 518 g/mol. The third-order valence-corrected chi connectivity index (χ3v) is 5.92. The van der Waals surface area contributed by atoms with Crippen molar-refractivity contribution in [3.8, 4) is 0 Å². The minimum Gasteiger partial charge on any atom is -0.480 e. The second-order valence-corrected chi connectivity index (χ2v) is 9.14. The maximum atomic E-state index is 13.4. The summed E-state index contributed by atoms with van der Waals surface area (Å²) in [6.45, 7) is -0.437. The Morgan fingerprint density at radius 3 is 1.62 bits per heavy atom. The Labute approximate surface area is 232 Å². The fourth-order valence-electron chi connectivity index (χ4n) is 3.79. The topological polar surface area (TPSA) is 235 Å². The number of nitrogens with one attached hydrogen (secondary N) is 3. The number of guanidine groups is 1. The largest absolute Gasteiger partial charge is 0.480 e. The number of hydrogen-bond donors (Lipinski definition) is 8. The lowest BCUT2D eigenvalue weighted by Crippen LogP contribution is -2.58. The quantitative estimate of drug-likeness (QED) is 0.0674. The fraction of sp³-hybridized carbons (Fsp3) is 0.370. The number of carbonyl (C=O) groups excluding carboxylic acids is 3. The van der Waals surface area contributed by atoms with Crippen LogP contribution in [0.15, 0.2) is 65.7 Å². The molecule has 0 heterocycles. The van der Waals surface area contributed by atoms with Crippen molar-refractivity contribution < 1.29 is 29.4 Å². The summed E-state index contributed by atoms with van der Waals surface area (Å²) < 4.78 is 0. The first-order valence-electron chi connectivity index (χ1n) is 12.7. The van der Waals surface area contributed by atoms with Gasteiger partial charge in [0, 0.05) is 19.4 Å². The second-order valence-electron chi connectivity index (χ2n) is 9.14. The number of nitrogens with two attached hydrogens (primary N) is 3. The van der Waals surface area contributed by atoms with Gasteiger partial charge in [-0.1, -0.05) is 60.7 Å². The molecule has 13 nitrogen and oxygen atoms in total. The zero-order valence-corrected chi connectivity index (χ0v) is 22.0. The van der Waals surface area contributed by atoms with Crippen molar-refractivity contribution in [1.82, 2.24) is 16.0 Å². The zero-order chi connectivity index (χ0) is 29.5. The lowest BCUT2D eigenvalue weighted by molar-refractivity contribution is -0.142. The number of aliphatic imine (C=N–C) groups is 1. The van der Waals surface area contributed by atoms with Crippen molar-refractivity contribution in [2.75, 3.05) is 13.2 Å². The highest BCUT2D eigenvalue weighted by molar-refractivity contribution is 5.94. The van der Waals surface area contributed by atoms with Gasteiger partial charge in [0.15, 0.2) is 5.96 Å². The molecule has 40 heavy (non-hydrogen) atoms. The average molecular weight is 556 g/mol. The number of rotatable bonds is 16. The van der Waals surface area contributed by atoms with E-state index < -0.39 is 54.5 Å². The molecule has 3 amide bonds. The molecular formula is C27H37N7O6. The Bertz CT molecular complexity index is 1140. The summed E-state index contributed by atoms with van der Waals surface area (Å²) in [4.78, 5) is 54.8. The molecule has 13 heteroatoms. The van der Waals surface area contributed by atoms with Crippen molar-refractivity contribution in [3.05, 3.63) is 71.8 Å². The van der Waals surface area contributed by atoms with E-state index in [9.17, 15) is 29.4 Å². The molecule has 2 aromatic rings. The number of nitrogens with zero attached hydrogens (tertiary/aromatic N) is 1. The first-order valence-corrected chi connectivity index (χ1v) is 12.7. The number of amides is 3. The van der Waals surface area contributed by atoms with Gasteiger partial charge < -0.3 is 43.4 Å². The van der Waals surface area contributed by atoms with Crippen molar-refractivity contribution in [3.63, 3.8) is 0 Å². The normalized spacial score (nSPS) is 13.7. The van der Waals surface area contributed by atoms with Gasteiger partial charge in [-0.15, -0.1) is 0 Å². The number of benzene rings is 2. The van der Waals surface area contributed by atoms with Crippen LogP contribution in [0.3, 0.4) is 0 Å². The average Bonchev–Trinajstić information content (AvgIpc) is 2.94. The van der Waals surface area contributed by atoms with Crippen LogP contribution in [0.25, 0.3) is 0 Å². The van der Waals surface area contributed by atoms with Crippen molar-refractivity contribution in [2.24, 2.45) is 22.2 Å². The van der Waals surface area contributed by atoms with Crippen LogP contribution in [0.5, 0.6) is 0 Å². The van der Waals surface area contributed by atoms with Crippen LogP contribution < -0.4 is 33.2 Å². The van der Waals surface area contributed by atoms with Crippen LogP contribution in [-0.2, 0) is 32.0 Å². The van der Waals surface area contributed by atoms with Crippen molar-refractivity contribution in [2.45, 2.75) is 49.9 Å². The van der Waals surface area contributed by atoms with Gasteiger partial charge in [-0.05, 0) is 24.0 Å². The van der Waals surface area contributed by atoms with Crippen LogP contribution in [0.4, 0.5) is 0 Å². The van der Waals surface area contributed by atoms with Gasteiger partial charge in [-0.25, -0.2) is 4.79 Å². The molecule has 0 aromatic heterocycles. The molecule has 0 aliphatic rings. The smallest absolute Gasteiger partial charge is 0.326 e. The summed E-state index contributed by atoms with van der Waals surface area (Å²) in [5, 5.41) is 26.6. The van der Waals surface area contributed by atoms with E-state index in [1.807, 2.05) is 0 Å². The summed E-state index contributed by atoms with van der Waals surface area (Å²) in [6.07, 6.45) is 0.483. The Balaban J connectivity index is 2.25. The summed E-state index contributed by atoms with van der Waals surface area (Å²) in [6, 6.07) is 13.0. The Morgan fingerprint density at radius 2 is 1.20 bits per heavy atom. The monoisotopic (exact) mass is 555 g/mol. The number of carboxylic acid groups (broad SMARTS) is 1. The van der Waals surface area contributed by atoms with Crippen LogP contribution >= 0.6 is 0 Å². The molecule has 0 saturated carbocycles. The molecule has 4 unspecified atom stereocenters. The van der Waals surface area contributed by atoms with Gasteiger partial charge in [0.2, 0.25) is 17.7 Å². The van der Waals surface area contributed by atoms with Crippen LogP contribution in [-0.4, -0.2) is 77.2 Å². The fourth-order valence-corrected chi connectivity index (χ4v) is 3.79. The highest BCUT2D eigenvalue weighted by Gasteiger charge is 2.30. The van der Waals surface area contributed by atoms with E-state index >= 15 is 0 Å². The Hall–Kier alpha value is -4.49. The van der Waals surface area contributed by atoms with E-state index in [0.717, 1.165) is 5.56 Å². The maximum absolute atomic E-state index is 13.4. The molecule has 0 fully saturated rings. The SMILES string of the molecule is NC(N)=NCCCC(NC(=O)C(Cc1ccccc1)NC(=O)C(Cc1ccccc1)NC(=O)C(N)CO)C(=O)O. The summed E-state index contributed by atoms with van der Waals surface area (Å²) in [5.41, 5.74) is 17.7. The van der Waals surface area contributed by atoms with Gasteiger partial charge in [0.25, 0.3) is 0 Å². The minimum atomic E-state index is -1.25. The number of aliphatic carboxylic acids is 1. The number of aliphatic hydroxyl groups is 1. The first kappa shape index (κ1) is 31.7. The van der Waals surface area contributed by atoms with Crippen molar-refractivity contribution in [1.29, 1.82) is 0 Å². The number of hydrogen-bond acceptors (Lipinski definition) is 7. The minimum absolute atomic E-state index is 0.0512. The van der Waals surface area contributed by atoms with E-state index in [0.29, 0.717) is 12.0 Å². The molecule has 2 aromatic carbocycles. The highest BCUT2D eigenvalue weighted by Crippen LogP contribution is 2.08. The van der Waals surface area contributed by atoms with E-state index in [-0.39, 0.29) is 31.8 Å². The summed E-state index contributed by atoms with van der Waals surface area (Å²) in [5.74, 6) is -3.52. The maximum Gasteiger partial charge on any atom is 0.326 e. The Morgan fingerprint density at radius 1 is 0.750 bits per heavy atom. The van der Waals surface area contributed by atoms with Crippen LogP contribution in [0, 0.1) is 0 Å². The lowest BCUT2D eigenvalue weighted by Gasteiger charge is -2.25.